The lowest BCUT2D eigenvalue weighted by molar-refractivity contribution is -0.160. The number of ether oxygens (including phenoxy) is 3. The van der Waals surface area contributed by atoms with E-state index >= 15 is 0 Å². The molecule has 0 radical (unpaired) electrons. The van der Waals surface area contributed by atoms with Gasteiger partial charge in [0.25, 0.3) is 0 Å². The van der Waals surface area contributed by atoms with Crippen molar-refractivity contribution in [3.05, 3.63) is 97.2 Å². The molecule has 2 N–H and O–H groups in total. The number of aliphatic hydroxyl groups is 1. The van der Waals surface area contributed by atoms with Crippen molar-refractivity contribution in [3.8, 4) is 0 Å². The molecule has 0 aromatic heterocycles. The molecule has 3 atom stereocenters. The molecular formula is C64H109O11P. The van der Waals surface area contributed by atoms with Crippen molar-refractivity contribution in [1.82, 2.24) is 0 Å². The van der Waals surface area contributed by atoms with Gasteiger partial charge >= 0.3 is 25.7 Å². The molecule has 0 spiro atoms. The monoisotopic (exact) mass is 1080 g/mol. The van der Waals surface area contributed by atoms with Crippen LogP contribution < -0.4 is 0 Å². The number of carbonyl (C=O) groups excluding carboxylic acids is 3. The number of rotatable bonds is 55. The van der Waals surface area contributed by atoms with Crippen LogP contribution in [-0.4, -0.2) is 66.5 Å². The van der Waals surface area contributed by atoms with E-state index in [1.807, 2.05) is 12.2 Å². The number of aliphatic hydroxyl groups excluding tert-OH is 1. The van der Waals surface area contributed by atoms with Crippen LogP contribution in [-0.2, 0) is 42.2 Å². The van der Waals surface area contributed by atoms with Gasteiger partial charge in [0.1, 0.15) is 12.7 Å². The number of carbonyl (C=O) groups is 3. The van der Waals surface area contributed by atoms with Gasteiger partial charge in [0.05, 0.1) is 26.2 Å². The van der Waals surface area contributed by atoms with E-state index in [2.05, 4.69) is 99.8 Å². The average Bonchev–Trinajstić information content (AvgIpc) is 3.41. The molecule has 0 rings (SSSR count). The first-order valence-electron chi connectivity index (χ1n) is 30.1. The number of phosphoric ester groups is 1. The predicted octanol–water partition coefficient (Wildman–Crippen LogP) is 18.0. The minimum absolute atomic E-state index is 0.0702. The van der Waals surface area contributed by atoms with Crippen molar-refractivity contribution in [2.24, 2.45) is 0 Å². The molecule has 0 aromatic rings. The summed E-state index contributed by atoms with van der Waals surface area (Å²) in [5.74, 6) is -1.63. The van der Waals surface area contributed by atoms with Crippen LogP contribution in [0, 0.1) is 0 Å². The molecule has 0 fully saturated rings. The molecule has 436 valence electrons. The van der Waals surface area contributed by atoms with E-state index in [0.29, 0.717) is 19.3 Å². The van der Waals surface area contributed by atoms with Crippen molar-refractivity contribution in [2.45, 2.75) is 264 Å². The summed E-state index contributed by atoms with van der Waals surface area (Å²) in [5, 5.41) is 9.83. The van der Waals surface area contributed by atoms with E-state index in [1.54, 1.807) is 6.08 Å². The first-order chi connectivity index (χ1) is 37.2. The fourth-order valence-corrected chi connectivity index (χ4v) is 8.75. The Kier molecular flexibility index (Phi) is 54.8. The Hall–Kier alpha value is -3.60. The van der Waals surface area contributed by atoms with Crippen LogP contribution in [0.4, 0.5) is 0 Å². The van der Waals surface area contributed by atoms with Crippen molar-refractivity contribution in [3.63, 3.8) is 0 Å². The third-order valence-corrected chi connectivity index (χ3v) is 13.5. The predicted molar refractivity (Wildman–Crippen MR) is 316 cm³/mol. The number of phosphoric acid groups is 1. The van der Waals surface area contributed by atoms with Crippen molar-refractivity contribution >= 4 is 25.7 Å². The second-order valence-corrected chi connectivity index (χ2v) is 21.3. The van der Waals surface area contributed by atoms with Crippen LogP contribution in [0.5, 0.6) is 0 Å². The van der Waals surface area contributed by atoms with Gasteiger partial charge in [0.15, 0.2) is 6.10 Å². The van der Waals surface area contributed by atoms with E-state index in [0.717, 1.165) is 96.3 Å². The zero-order valence-corrected chi connectivity index (χ0v) is 49.1. The molecule has 0 saturated carbocycles. The van der Waals surface area contributed by atoms with Gasteiger partial charge in [-0.15, -0.1) is 0 Å². The summed E-state index contributed by atoms with van der Waals surface area (Å²) in [6.45, 7) is 4.39. The van der Waals surface area contributed by atoms with E-state index in [9.17, 15) is 28.9 Å². The number of hydrogen-bond acceptors (Lipinski definition) is 10. The molecule has 12 heteroatoms. The van der Waals surface area contributed by atoms with Gasteiger partial charge in [0, 0.05) is 12.8 Å². The van der Waals surface area contributed by atoms with Gasteiger partial charge in [-0.05, 0) is 83.5 Å². The maximum Gasteiger partial charge on any atom is 0.472 e. The Morgan fingerprint density at radius 3 is 1.18 bits per heavy atom. The molecule has 0 bridgehead atoms. The van der Waals surface area contributed by atoms with Gasteiger partial charge in [-0.1, -0.05) is 246 Å². The molecule has 0 aliphatic carbocycles. The molecule has 0 amide bonds. The third kappa shape index (κ3) is 55.2. The highest BCUT2D eigenvalue weighted by atomic mass is 31.2. The summed E-state index contributed by atoms with van der Waals surface area (Å²) in [5.41, 5.74) is 0. The molecule has 3 unspecified atom stereocenters. The van der Waals surface area contributed by atoms with Crippen molar-refractivity contribution in [2.75, 3.05) is 26.4 Å². The number of unbranched alkanes of at least 4 members (excludes halogenated alkanes) is 23. The summed E-state index contributed by atoms with van der Waals surface area (Å²) in [4.78, 5) is 48.5. The number of esters is 3. The molecule has 0 heterocycles. The van der Waals surface area contributed by atoms with Gasteiger partial charge in [-0.3, -0.25) is 23.4 Å². The lowest BCUT2D eigenvalue weighted by Gasteiger charge is -2.21. The maximum atomic E-state index is 12.9. The SMILES string of the molecule is CC/C=C\C/C=C\C/C=C\C/C=C\C/C=C\CC(=O)OC(COC(=O)CCCCCCCC/C=C\C/C=C\C/C=C\CCCCC)COP(=O)(O)OCC(CO)OC(=O)CCCCCCCCCCCCCCCCC. The maximum absolute atomic E-state index is 12.9. The number of hydrogen-bond donors (Lipinski definition) is 2. The number of allylic oxidation sites excluding steroid dienone is 15. The first-order valence-corrected chi connectivity index (χ1v) is 31.6. The highest BCUT2D eigenvalue weighted by Crippen LogP contribution is 2.43. The van der Waals surface area contributed by atoms with Crippen LogP contribution in [0.2, 0.25) is 0 Å². The van der Waals surface area contributed by atoms with E-state index in [-0.39, 0.29) is 25.9 Å². The highest BCUT2D eigenvalue weighted by Gasteiger charge is 2.28. The lowest BCUT2D eigenvalue weighted by atomic mass is 10.0. The second kappa shape index (κ2) is 57.6. The molecule has 0 saturated heterocycles. The lowest BCUT2D eigenvalue weighted by Crippen LogP contribution is -2.30. The molecule has 0 aliphatic rings. The van der Waals surface area contributed by atoms with E-state index in [4.69, 9.17) is 23.3 Å². The van der Waals surface area contributed by atoms with Gasteiger partial charge in [0.2, 0.25) is 0 Å². The fraction of sp³-hybridized carbons (Fsp3) is 0.703. The smallest absolute Gasteiger partial charge is 0.462 e. The van der Waals surface area contributed by atoms with Gasteiger partial charge < -0.3 is 24.2 Å². The van der Waals surface area contributed by atoms with Gasteiger partial charge in [-0.2, -0.15) is 0 Å². The summed E-state index contributed by atoms with van der Waals surface area (Å²) >= 11 is 0. The summed E-state index contributed by atoms with van der Waals surface area (Å²) < 4.78 is 39.4. The Morgan fingerprint density at radius 2 is 0.737 bits per heavy atom. The standard InChI is InChI=1S/C64H109O11P/c1-4-7-10-13-16-19-22-25-28-29-30-31-34-35-38-41-44-47-50-53-62(66)71-57-61(75-64(68)55-52-49-46-43-40-37-33-27-24-21-18-15-12-9-6-3)59-73-76(69,70)72-58-60(56-65)74-63(67)54-51-48-45-42-39-36-32-26-23-20-17-14-11-8-5-2/h9,12,16,18-19,21,25,27-28,30-31,33,40,43,49,52,60-61,65H,4-8,10-11,13-15,17,20,22-24,26,29,32,34-39,41-42,44-48,50-51,53-59H2,1-3H3,(H,69,70)/b12-9-,19-16-,21-18-,28-25-,31-30-,33-27-,43-40-,52-49-. The Balaban J connectivity index is 4.81. The van der Waals surface area contributed by atoms with Crippen LogP contribution in [0.3, 0.4) is 0 Å². The minimum atomic E-state index is -4.78. The first kappa shape index (κ1) is 72.4. The highest BCUT2D eigenvalue weighted by molar-refractivity contribution is 7.47. The zero-order chi connectivity index (χ0) is 55.5. The zero-order valence-electron chi connectivity index (χ0n) is 48.2. The second-order valence-electron chi connectivity index (χ2n) is 19.8. The quantitative estimate of drug-likeness (QED) is 0.0197. The van der Waals surface area contributed by atoms with Crippen LogP contribution in [0.15, 0.2) is 97.2 Å². The molecular weight excluding hydrogens is 976 g/mol. The third-order valence-electron chi connectivity index (χ3n) is 12.5. The normalized spacial score (nSPS) is 14.0. The Bertz CT molecular complexity index is 1640. The van der Waals surface area contributed by atoms with E-state index in [1.165, 1.54) is 96.3 Å². The van der Waals surface area contributed by atoms with Crippen LogP contribution in [0.1, 0.15) is 252 Å². The molecule has 0 aromatic carbocycles. The molecule has 0 aliphatic heterocycles. The Morgan fingerprint density at radius 1 is 0.395 bits per heavy atom. The van der Waals surface area contributed by atoms with Crippen LogP contribution >= 0.6 is 7.82 Å². The Labute approximate surface area is 463 Å². The van der Waals surface area contributed by atoms with Gasteiger partial charge in [-0.25, -0.2) is 4.57 Å². The van der Waals surface area contributed by atoms with E-state index < -0.39 is 57.8 Å². The summed E-state index contributed by atoms with van der Waals surface area (Å²) in [7, 11) is -4.78. The topological polar surface area (TPSA) is 155 Å². The molecule has 11 nitrogen and oxygen atoms in total. The average molecular weight is 1090 g/mol. The largest absolute Gasteiger partial charge is 0.472 e. The fourth-order valence-electron chi connectivity index (χ4n) is 7.97. The summed E-state index contributed by atoms with van der Waals surface area (Å²) in [6.07, 6.45) is 68.2. The molecule has 76 heavy (non-hydrogen) atoms. The minimum Gasteiger partial charge on any atom is -0.462 e. The van der Waals surface area contributed by atoms with Crippen LogP contribution in [0.25, 0.3) is 0 Å². The summed E-state index contributed by atoms with van der Waals surface area (Å²) in [6, 6.07) is 0. The van der Waals surface area contributed by atoms with Crippen molar-refractivity contribution < 1.29 is 52.2 Å². The van der Waals surface area contributed by atoms with Crippen molar-refractivity contribution in [1.29, 1.82) is 0 Å².